The molecule has 20 heavy (non-hydrogen) atoms. The quantitative estimate of drug-likeness (QED) is 0.733. The molecule has 1 aromatic rings. The Morgan fingerprint density at radius 1 is 1.40 bits per heavy atom. The number of carbonyl (C=O) groups is 1. The Kier molecular flexibility index (Phi) is 3.49. The van der Waals surface area contributed by atoms with E-state index in [0.717, 1.165) is 47.0 Å². The van der Waals surface area contributed by atoms with Crippen molar-refractivity contribution in [2.24, 2.45) is 11.3 Å². The molecule has 106 valence electrons. The predicted molar refractivity (Wildman–Crippen MR) is 84.0 cm³/mol. The molecular formula is C17H21NOS. The monoisotopic (exact) mass is 287 g/mol. The highest BCUT2D eigenvalue weighted by atomic mass is 32.2. The molecule has 0 fully saturated rings. The molecule has 0 bridgehead atoms. The van der Waals surface area contributed by atoms with Gasteiger partial charge in [0.15, 0.2) is 0 Å². The number of pyridine rings is 1. The fourth-order valence-electron chi connectivity index (χ4n) is 3.08. The van der Waals surface area contributed by atoms with Crippen molar-refractivity contribution in [2.75, 3.05) is 5.75 Å². The first-order valence-electron chi connectivity index (χ1n) is 7.28. The lowest BCUT2D eigenvalue weighted by Gasteiger charge is -2.35. The van der Waals surface area contributed by atoms with Crippen LogP contribution in [0.25, 0.3) is 6.08 Å². The van der Waals surface area contributed by atoms with Crippen molar-refractivity contribution >= 4 is 24.1 Å². The zero-order chi connectivity index (χ0) is 14.3. The molecule has 3 rings (SSSR count). The van der Waals surface area contributed by atoms with Crippen LogP contribution in [0.15, 0.2) is 16.7 Å². The molecule has 2 aliphatic rings. The minimum atomic E-state index is 0.353. The van der Waals surface area contributed by atoms with E-state index in [2.05, 4.69) is 26.8 Å². The van der Waals surface area contributed by atoms with Gasteiger partial charge in [0.25, 0.3) is 0 Å². The molecule has 1 atom stereocenters. The first-order valence-corrected chi connectivity index (χ1v) is 8.27. The van der Waals surface area contributed by atoms with Gasteiger partial charge in [0.2, 0.25) is 0 Å². The van der Waals surface area contributed by atoms with E-state index in [-0.39, 0.29) is 0 Å². The Hall–Kier alpha value is -1.09. The summed E-state index contributed by atoms with van der Waals surface area (Å²) in [4.78, 5) is 15.8. The van der Waals surface area contributed by atoms with Crippen molar-refractivity contribution in [3.8, 4) is 0 Å². The fraction of sp³-hybridized carbons (Fsp3) is 0.529. The number of fused-ring (bicyclic) bond motifs is 2. The molecular weight excluding hydrogens is 266 g/mol. The van der Waals surface area contributed by atoms with E-state index >= 15 is 0 Å². The highest BCUT2D eigenvalue weighted by molar-refractivity contribution is 7.99. The Morgan fingerprint density at radius 3 is 2.90 bits per heavy atom. The zero-order valence-electron chi connectivity index (χ0n) is 12.4. The normalized spacial score (nSPS) is 21.8. The van der Waals surface area contributed by atoms with Gasteiger partial charge in [-0.2, -0.15) is 0 Å². The van der Waals surface area contributed by atoms with Crippen molar-refractivity contribution in [1.82, 2.24) is 4.98 Å². The number of aromatic nitrogens is 1. The van der Waals surface area contributed by atoms with E-state index in [1.165, 1.54) is 17.7 Å². The number of carbonyl (C=O) groups excluding carboxylic acids is 1. The summed E-state index contributed by atoms with van der Waals surface area (Å²) in [7, 11) is 0. The summed E-state index contributed by atoms with van der Waals surface area (Å²) in [6.45, 7) is 6.98. The smallest absolute Gasteiger partial charge is 0.146 e. The highest BCUT2D eigenvalue weighted by Crippen LogP contribution is 2.39. The minimum absolute atomic E-state index is 0.353. The van der Waals surface area contributed by atoms with Crippen molar-refractivity contribution < 1.29 is 4.79 Å². The Balaban J connectivity index is 1.96. The summed E-state index contributed by atoms with van der Waals surface area (Å²) in [6, 6.07) is 2.27. The number of hydrogen-bond donors (Lipinski definition) is 0. The van der Waals surface area contributed by atoms with Gasteiger partial charge >= 0.3 is 0 Å². The second-order valence-electron chi connectivity index (χ2n) is 6.92. The average molecular weight is 287 g/mol. The first kappa shape index (κ1) is 13.9. The van der Waals surface area contributed by atoms with Crippen molar-refractivity contribution in [2.45, 2.75) is 45.1 Å². The molecule has 0 N–H and O–H groups in total. The van der Waals surface area contributed by atoms with Crippen LogP contribution in [0.4, 0.5) is 0 Å². The van der Waals surface area contributed by atoms with Gasteiger partial charge in [0.05, 0.1) is 0 Å². The van der Waals surface area contributed by atoms with Crippen molar-refractivity contribution in [3.63, 3.8) is 0 Å². The molecule has 0 spiro atoms. The summed E-state index contributed by atoms with van der Waals surface area (Å²) >= 11 is 1.69. The van der Waals surface area contributed by atoms with E-state index in [1.807, 2.05) is 6.08 Å². The van der Waals surface area contributed by atoms with E-state index in [4.69, 9.17) is 4.98 Å². The van der Waals surface area contributed by atoms with Gasteiger partial charge in [0.1, 0.15) is 11.3 Å². The van der Waals surface area contributed by atoms with Gasteiger partial charge in [0, 0.05) is 22.6 Å². The van der Waals surface area contributed by atoms with Crippen LogP contribution in [0.5, 0.6) is 0 Å². The number of nitrogens with zero attached hydrogens (tertiary/aromatic N) is 1. The highest BCUT2D eigenvalue weighted by Gasteiger charge is 2.30. The van der Waals surface area contributed by atoms with Crippen LogP contribution >= 0.6 is 11.8 Å². The Bertz CT molecular complexity index is 583. The van der Waals surface area contributed by atoms with E-state index in [0.29, 0.717) is 5.41 Å². The van der Waals surface area contributed by atoms with E-state index in [9.17, 15) is 4.79 Å². The van der Waals surface area contributed by atoms with Crippen molar-refractivity contribution in [3.05, 3.63) is 28.5 Å². The maximum absolute atomic E-state index is 10.9. The third-order valence-corrected chi connectivity index (χ3v) is 5.55. The lowest BCUT2D eigenvalue weighted by Crippen LogP contribution is -2.27. The maximum atomic E-state index is 10.9. The molecule has 0 saturated carbocycles. The topological polar surface area (TPSA) is 30.0 Å². The third kappa shape index (κ3) is 2.56. The van der Waals surface area contributed by atoms with Gasteiger partial charge in [-0.15, -0.1) is 11.8 Å². The SMILES string of the molecule is CC(C)(C)C1CCc2nc3c(cc2C1)C=C(C=O)CS3. The fourth-order valence-corrected chi connectivity index (χ4v) is 4.00. The molecule has 1 aliphatic carbocycles. The van der Waals surface area contributed by atoms with Crippen LogP contribution in [0.3, 0.4) is 0 Å². The van der Waals surface area contributed by atoms with Gasteiger partial charge in [-0.05, 0) is 48.3 Å². The second-order valence-corrected chi connectivity index (χ2v) is 7.88. The molecule has 1 aromatic heterocycles. The van der Waals surface area contributed by atoms with Crippen LogP contribution in [-0.4, -0.2) is 17.0 Å². The zero-order valence-corrected chi connectivity index (χ0v) is 13.2. The Labute approximate surface area is 125 Å². The average Bonchev–Trinajstić information content (AvgIpc) is 2.42. The number of rotatable bonds is 1. The van der Waals surface area contributed by atoms with Crippen LogP contribution in [-0.2, 0) is 17.6 Å². The second kappa shape index (κ2) is 5.03. The predicted octanol–water partition coefficient (Wildman–Crippen LogP) is 3.92. The number of thioether (sulfide) groups is 1. The largest absolute Gasteiger partial charge is 0.298 e. The molecule has 2 nitrogen and oxygen atoms in total. The number of hydrogen-bond acceptors (Lipinski definition) is 3. The van der Waals surface area contributed by atoms with Gasteiger partial charge in [-0.3, -0.25) is 4.79 Å². The van der Waals surface area contributed by atoms with Gasteiger partial charge in [-0.1, -0.05) is 20.8 Å². The standard InChI is InChI=1S/C17H21NOS/c1-17(2,3)14-4-5-15-12(8-14)7-13-6-11(9-19)10-20-16(13)18-15/h6-7,9,14H,4-5,8,10H2,1-3H3. The molecule has 0 saturated heterocycles. The summed E-state index contributed by atoms with van der Waals surface area (Å²) in [5.74, 6) is 1.48. The maximum Gasteiger partial charge on any atom is 0.146 e. The van der Waals surface area contributed by atoms with Crippen LogP contribution in [0.2, 0.25) is 0 Å². The summed E-state index contributed by atoms with van der Waals surface area (Å²) < 4.78 is 0. The molecule has 1 unspecified atom stereocenters. The first-order chi connectivity index (χ1) is 9.47. The minimum Gasteiger partial charge on any atom is -0.298 e. The summed E-state index contributed by atoms with van der Waals surface area (Å²) in [5.41, 5.74) is 5.02. The molecule has 1 aliphatic heterocycles. The van der Waals surface area contributed by atoms with Crippen LogP contribution in [0, 0.1) is 11.3 Å². The third-order valence-electron chi connectivity index (χ3n) is 4.47. The van der Waals surface area contributed by atoms with E-state index in [1.54, 1.807) is 11.8 Å². The summed E-state index contributed by atoms with van der Waals surface area (Å²) in [5, 5.41) is 1.10. The lowest BCUT2D eigenvalue weighted by molar-refractivity contribution is -0.104. The summed E-state index contributed by atoms with van der Waals surface area (Å²) in [6.07, 6.45) is 6.42. The number of aldehydes is 1. The molecule has 3 heteroatoms. The lowest BCUT2D eigenvalue weighted by atomic mass is 9.71. The molecule has 2 heterocycles. The van der Waals surface area contributed by atoms with E-state index < -0.39 is 0 Å². The van der Waals surface area contributed by atoms with Crippen molar-refractivity contribution in [1.29, 1.82) is 0 Å². The molecule has 0 aromatic carbocycles. The molecule has 0 amide bonds. The number of aryl methyl sites for hydroxylation is 1. The van der Waals surface area contributed by atoms with Crippen LogP contribution < -0.4 is 0 Å². The Morgan fingerprint density at radius 2 is 2.20 bits per heavy atom. The van der Waals surface area contributed by atoms with Gasteiger partial charge in [-0.25, -0.2) is 4.98 Å². The van der Waals surface area contributed by atoms with Gasteiger partial charge < -0.3 is 0 Å². The molecule has 0 radical (unpaired) electrons. The van der Waals surface area contributed by atoms with Crippen LogP contribution in [0.1, 0.15) is 44.0 Å².